The van der Waals surface area contributed by atoms with E-state index < -0.39 is 9.84 Å². The van der Waals surface area contributed by atoms with Crippen LogP contribution in [0, 0.1) is 5.92 Å². The molecule has 0 spiro atoms. The van der Waals surface area contributed by atoms with Crippen molar-refractivity contribution in [2.24, 2.45) is 5.92 Å². The molecule has 1 fully saturated rings. The molecule has 2 amide bonds. The predicted molar refractivity (Wildman–Crippen MR) is 103 cm³/mol. The number of hydrogen-bond donors (Lipinski definition) is 1. The van der Waals surface area contributed by atoms with E-state index in [9.17, 15) is 13.2 Å². The van der Waals surface area contributed by atoms with Crippen molar-refractivity contribution in [2.75, 3.05) is 38.2 Å². The van der Waals surface area contributed by atoms with Gasteiger partial charge in [0, 0.05) is 25.9 Å². The molecule has 1 heterocycles. The molecule has 1 N–H and O–H groups in total. The van der Waals surface area contributed by atoms with Gasteiger partial charge in [-0.15, -0.1) is 0 Å². The molecule has 0 aliphatic carbocycles. The molecular weight excluding hydrogens is 352 g/mol. The summed E-state index contributed by atoms with van der Waals surface area (Å²) in [6.07, 6.45) is 4.70. The Bertz CT molecular complexity index is 673. The van der Waals surface area contributed by atoms with Gasteiger partial charge in [-0.05, 0) is 49.3 Å². The molecule has 1 aromatic carbocycles. The fourth-order valence-electron chi connectivity index (χ4n) is 3.21. The largest absolute Gasteiger partial charge is 0.494 e. The number of piperidine rings is 1. The molecule has 26 heavy (non-hydrogen) atoms. The standard InChI is InChI=1S/C19H30N2O4S/c1-3-13-25-18-8-6-16(7-9-18)10-11-20-19(22)21-12-4-5-17(14-21)15-26(2,23)24/h6-9,17H,3-5,10-15H2,1-2H3,(H,20,22). The second kappa shape index (κ2) is 9.80. The van der Waals surface area contributed by atoms with Gasteiger partial charge in [-0.3, -0.25) is 0 Å². The molecule has 6 nitrogen and oxygen atoms in total. The van der Waals surface area contributed by atoms with Crippen LogP contribution in [0.15, 0.2) is 24.3 Å². The summed E-state index contributed by atoms with van der Waals surface area (Å²) < 4.78 is 28.5. The molecule has 1 aliphatic heterocycles. The van der Waals surface area contributed by atoms with Crippen LogP contribution in [-0.4, -0.2) is 57.6 Å². The minimum Gasteiger partial charge on any atom is -0.494 e. The molecule has 1 aromatic rings. The Morgan fingerprint density at radius 3 is 2.69 bits per heavy atom. The van der Waals surface area contributed by atoms with Gasteiger partial charge in [-0.1, -0.05) is 19.1 Å². The lowest BCUT2D eigenvalue weighted by molar-refractivity contribution is 0.170. The van der Waals surface area contributed by atoms with Crippen molar-refractivity contribution in [3.8, 4) is 5.75 Å². The number of rotatable bonds is 8. The van der Waals surface area contributed by atoms with Gasteiger partial charge in [0.2, 0.25) is 0 Å². The molecule has 0 saturated carbocycles. The summed E-state index contributed by atoms with van der Waals surface area (Å²) in [7, 11) is -3.00. The Hall–Kier alpha value is -1.76. The first-order valence-electron chi connectivity index (χ1n) is 9.29. The van der Waals surface area contributed by atoms with Crippen molar-refractivity contribution < 1.29 is 17.9 Å². The number of urea groups is 1. The van der Waals surface area contributed by atoms with Crippen LogP contribution in [0.5, 0.6) is 5.75 Å². The van der Waals surface area contributed by atoms with Crippen LogP contribution in [0.25, 0.3) is 0 Å². The number of likely N-dealkylation sites (tertiary alicyclic amines) is 1. The summed E-state index contributed by atoms with van der Waals surface area (Å²) in [5, 5.41) is 2.94. The van der Waals surface area contributed by atoms with E-state index in [4.69, 9.17) is 4.74 Å². The third-order valence-electron chi connectivity index (χ3n) is 4.43. The van der Waals surface area contributed by atoms with Crippen LogP contribution in [0.2, 0.25) is 0 Å². The zero-order valence-electron chi connectivity index (χ0n) is 15.7. The van der Waals surface area contributed by atoms with E-state index in [1.165, 1.54) is 6.26 Å². The SMILES string of the molecule is CCCOc1ccc(CCNC(=O)N2CCCC(CS(C)(=O)=O)C2)cc1. The predicted octanol–water partition coefficient (Wildman–Crippen LogP) is 2.48. The molecular formula is C19H30N2O4S. The van der Waals surface area contributed by atoms with Crippen molar-refractivity contribution >= 4 is 15.9 Å². The Balaban J connectivity index is 1.74. The number of carbonyl (C=O) groups excluding carboxylic acids is 1. The highest BCUT2D eigenvalue weighted by Gasteiger charge is 2.25. The zero-order chi connectivity index (χ0) is 19.0. The fourth-order valence-corrected chi connectivity index (χ4v) is 4.34. The molecule has 0 radical (unpaired) electrons. The quantitative estimate of drug-likeness (QED) is 0.749. The van der Waals surface area contributed by atoms with E-state index in [1.54, 1.807) is 4.90 Å². The minimum atomic E-state index is -3.00. The third-order valence-corrected chi connectivity index (χ3v) is 5.51. The van der Waals surface area contributed by atoms with Gasteiger partial charge < -0.3 is 15.0 Å². The number of nitrogens with zero attached hydrogens (tertiary/aromatic N) is 1. The molecule has 0 bridgehead atoms. The van der Waals surface area contributed by atoms with Crippen LogP contribution in [0.1, 0.15) is 31.7 Å². The van der Waals surface area contributed by atoms with E-state index in [-0.39, 0.29) is 17.7 Å². The highest BCUT2D eigenvalue weighted by molar-refractivity contribution is 7.90. The first kappa shape index (κ1) is 20.6. The van der Waals surface area contributed by atoms with Crippen molar-refractivity contribution in [2.45, 2.75) is 32.6 Å². The second-order valence-corrected chi connectivity index (χ2v) is 9.21. The Kier molecular flexibility index (Phi) is 7.75. The number of benzene rings is 1. The maximum absolute atomic E-state index is 12.3. The molecule has 1 unspecified atom stereocenters. The third kappa shape index (κ3) is 7.23. The normalized spacial score (nSPS) is 17.8. The maximum Gasteiger partial charge on any atom is 0.317 e. The summed E-state index contributed by atoms with van der Waals surface area (Å²) in [4.78, 5) is 14.1. The second-order valence-electron chi connectivity index (χ2n) is 7.02. The fraction of sp³-hybridized carbons (Fsp3) is 0.632. The van der Waals surface area contributed by atoms with Gasteiger partial charge in [0.15, 0.2) is 0 Å². The Labute approximate surface area is 156 Å². The maximum atomic E-state index is 12.3. The highest BCUT2D eigenvalue weighted by atomic mass is 32.2. The van der Waals surface area contributed by atoms with Crippen molar-refractivity contribution in [1.29, 1.82) is 0 Å². The Morgan fingerprint density at radius 1 is 1.31 bits per heavy atom. The van der Waals surface area contributed by atoms with Gasteiger partial charge in [-0.2, -0.15) is 0 Å². The number of carbonyl (C=O) groups is 1. The van der Waals surface area contributed by atoms with Gasteiger partial charge in [0.05, 0.1) is 12.4 Å². The summed E-state index contributed by atoms with van der Waals surface area (Å²) in [5.74, 6) is 1.06. The summed E-state index contributed by atoms with van der Waals surface area (Å²) in [6.45, 7) is 4.55. The minimum absolute atomic E-state index is 0.0418. The van der Waals surface area contributed by atoms with E-state index >= 15 is 0 Å². The van der Waals surface area contributed by atoms with Crippen LogP contribution in [0.3, 0.4) is 0 Å². The molecule has 1 aliphatic rings. The van der Waals surface area contributed by atoms with Crippen LogP contribution < -0.4 is 10.1 Å². The first-order valence-corrected chi connectivity index (χ1v) is 11.4. The molecule has 146 valence electrons. The topological polar surface area (TPSA) is 75.7 Å². The van der Waals surface area contributed by atoms with Crippen molar-refractivity contribution in [1.82, 2.24) is 10.2 Å². The monoisotopic (exact) mass is 382 g/mol. The summed E-state index contributed by atoms with van der Waals surface area (Å²) >= 11 is 0. The summed E-state index contributed by atoms with van der Waals surface area (Å²) in [5.41, 5.74) is 1.14. The molecule has 1 atom stereocenters. The van der Waals surface area contributed by atoms with Crippen LogP contribution >= 0.6 is 0 Å². The molecule has 2 rings (SSSR count). The number of hydrogen-bond acceptors (Lipinski definition) is 4. The Morgan fingerprint density at radius 2 is 2.04 bits per heavy atom. The average molecular weight is 383 g/mol. The number of amides is 2. The van der Waals surface area contributed by atoms with Crippen molar-refractivity contribution in [3.05, 3.63) is 29.8 Å². The lowest BCUT2D eigenvalue weighted by Gasteiger charge is -2.32. The number of sulfone groups is 1. The van der Waals surface area contributed by atoms with Gasteiger partial charge >= 0.3 is 6.03 Å². The zero-order valence-corrected chi connectivity index (χ0v) is 16.6. The van der Waals surface area contributed by atoms with Crippen LogP contribution in [0.4, 0.5) is 4.79 Å². The van der Waals surface area contributed by atoms with E-state index in [1.807, 2.05) is 24.3 Å². The lowest BCUT2D eigenvalue weighted by Crippen LogP contribution is -2.47. The lowest BCUT2D eigenvalue weighted by atomic mass is 10.0. The first-order chi connectivity index (χ1) is 12.4. The number of ether oxygens (including phenoxy) is 1. The number of nitrogens with one attached hydrogen (secondary N) is 1. The van der Waals surface area contributed by atoms with Crippen LogP contribution in [-0.2, 0) is 16.3 Å². The average Bonchev–Trinajstić information content (AvgIpc) is 2.59. The molecule has 7 heteroatoms. The van der Waals surface area contributed by atoms with Gasteiger partial charge in [0.25, 0.3) is 0 Å². The van der Waals surface area contributed by atoms with Gasteiger partial charge in [-0.25, -0.2) is 13.2 Å². The van der Waals surface area contributed by atoms with Crippen molar-refractivity contribution in [3.63, 3.8) is 0 Å². The highest BCUT2D eigenvalue weighted by Crippen LogP contribution is 2.18. The molecule has 1 saturated heterocycles. The van der Waals surface area contributed by atoms with Gasteiger partial charge in [0.1, 0.15) is 15.6 Å². The van der Waals surface area contributed by atoms with E-state index in [0.29, 0.717) is 26.2 Å². The summed E-state index contributed by atoms with van der Waals surface area (Å²) in [6, 6.07) is 7.83. The molecule has 0 aromatic heterocycles. The van der Waals surface area contributed by atoms with E-state index in [2.05, 4.69) is 12.2 Å². The smallest absolute Gasteiger partial charge is 0.317 e. The van der Waals surface area contributed by atoms with E-state index in [0.717, 1.165) is 37.0 Å².